The zero-order valence-electron chi connectivity index (χ0n) is 11.2. The van der Waals surface area contributed by atoms with Crippen molar-refractivity contribution >= 4 is 0 Å². The van der Waals surface area contributed by atoms with Gasteiger partial charge in [-0.15, -0.1) is 0 Å². The van der Waals surface area contributed by atoms with E-state index in [-0.39, 0.29) is 26.4 Å². The molecule has 0 spiro atoms. The van der Waals surface area contributed by atoms with Crippen molar-refractivity contribution in [3.8, 4) is 0 Å². The highest BCUT2D eigenvalue weighted by Gasteiger charge is 2.13. The third kappa shape index (κ3) is 31.9. The van der Waals surface area contributed by atoms with Crippen LogP contribution in [0.15, 0.2) is 0 Å². The van der Waals surface area contributed by atoms with Crippen LogP contribution in [0.3, 0.4) is 0 Å². The van der Waals surface area contributed by atoms with Crippen molar-refractivity contribution in [2.45, 2.75) is 25.2 Å². The van der Waals surface area contributed by atoms with Gasteiger partial charge in [0.05, 0.1) is 52.4 Å². The van der Waals surface area contributed by atoms with E-state index in [9.17, 15) is 0 Å². The lowest BCUT2D eigenvalue weighted by atomic mass is 10.4. The average molecular weight is 286 g/mol. The molecule has 0 radical (unpaired) electrons. The molecule has 2 heterocycles. The summed E-state index contributed by atoms with van der Waals surface area (Å²) in [7, 11) is 0. The molecule has 8 heteroatoms. The standard InChI is InChI=1S/2C3H8O3.C3H6O.C2H4O/c2*4-1-3(6)2-5;1-3-2-4-3;1-2-3-1/h2*3-6H,1-2H2;3H,2H2,1H3;1-2H2. The van der Waals surface area contributed by atoms with Gasteiger partial charge in [-0.2, -0.15) is 0 Å². The van der Waals surface area contributed by atoms with Gasteiger partial charge in [0.15, 0.2) is 0 Å². The molecule has 118 valence electrons. The second-order valence-corrected chi connectivity index (χ2v) is 3.79. The molecule has 2 saturated heterocycles. The minimum absolute atomic E-state index is 0.365. The van der Waals surface area contributed by atoms with Gasteiger partial charge < -0.3 is 40.1 Å². The van der Waals surface area contributed by atoms with Crippen LogP contribution in [-0.2, 0) is 9.47 Å². The first kappa shape index (κ1) is 21.0. The molecule has 2 aliphatic rings. The van der Waals surface area contributed by atoms with Gasteiger partial charge in [-0.3, -0.25) is 0 Å². The van der Waals surface area contributed by atoms with E-state index in [2.05, 4.69) is 11.7 Å². The molecular formula is C11H26O8. The van der Waals surface area contributed by atoms with Crippen molar-refractivity contribution in [1.29, 1.82) is 0 Å². The maximum absolute atomic E-state index is 8.17. The summed E-state index contributed by atoms with van der Waals surface area (Å²) < 4.78 is 9.21. The van der Waals surface area contributed by atoms with Crippen LogP contribution < -0.4 is 0 Å². The highest BCUT2D eigenvalue weighted by molar-refractivity contribution is 4.58. The summed E-state index contributed by atoms with van der Waals surface area (Å²) in [5.74, 6) is 0. The summed E-state index contributed by atoms with van der Waals surface area (Å²) in [5.41, 5.74) is 0. The van der Waals surface area contributed by atoms with Gasteiger partial charge in [0, 0.05) is 0 Å². The summed E-state index contributed by atoms with van der Waals surface area (Å²) in [5, 5.41) is 48.0. The molecule has 1 unspecified atom stereocenters. The SMILES string of the molecule is C1CO1.CC1CO1.OCC(O)CO.OCC(O)CO. The lowest BCUT2D eigenvalue weighted by molar-refractivity contribution is 0.0450. The van der Waals surface area contributed by atoms with E-state index in [4.69, 9.17) is 35.4 Å². The molecule has 0 aromatic rings. The Hall–Kier alpha value is -0.320. The van der Waals surface area contributed by atoms with Crippen LogP contribution in [0.5, 0.6) is 0 Å². The fraction of sp³-hybridized carbons (Fsp3) is 1.00. The number of hydrogen-bond donors (Lipinski definition) is 6. The molecule has 0 aliphatic carbocycles. The minimum atomic E-state index is -0.954. The smallest absolute Gasteiger partial charge is 0.100 e. The van der Waals surface area contributed by atoms with E-state index < -0.39 is 12.2 Å². The van der Waals surface area contributed by atoms with Crippen molar-refractivity contribution < 1.29 is 40.1 Å². The van der Waals surface area contributed by atoms with Gasteiger partial charge in [-0.25, -0.2) is 0 Å². The second kappa shape index (κ2) is 15.7. The summed E-state index contributed by atoms with van der Waals surface area (Å²) in [4.78, 5) is 0. The molecule has 2 aliphatic heterocycles. The fourth-order valence-corrected chi connectivity index (χ4v) is 0.212. The van der Waals surface area contributed by atoms with Gasteiger partial charge in [-0.1, -0.05) is 0 Å². The highest BCUT2D eigenvalue weighted by atomic mass is 16.6. The van der Waals surface area contributed by atoms with Crippen LogP contribution in [0.1, 0.15) is 6.92 Å². The van der Waals surface area contributed by atoms with Gasteiger partial charge in [0.25, 0.3) is 0 Å². The molecule has 0 bridgehead atoms. The zero-order chi connectivity index (χ0) is 15.1. The molecule has 6 N–H and O–H groups in total. The maximum Gasteiger partial charge on any atom is 0.100 e. The Kier molecular flexibility index (Phi) is 17.4. The van der Waals surface area contributed by atoms with E-state index in [1.54, 1.807) is 0 Å². The Morgan fingerprint density at radius 3 is 1.11 bits per heavy atom. The zero-order valence-corrected chi connectivity index (χ0v) is 11.2. The molecule has 1 atom stereocenters. The molecule has 0 aromatic heterocycles. The number of ether oxygens (including phenoxy) is 2. The highest BCUT2D eigenvalue weighted by Crippen LogP contribution is 2.04. The number of epoxide rings is 2. The van der Waals surface area contributed by atoms with Crippen LogP contribution in [-0.4, -0.2) is 95.2 Å². The molecule has 0 amide bonds. The molecule has 2 rings (SSSR count). The first-order valence-electron chi connectivity index (χ1n) is 6.00. The predicted molar refractivity (Wildman–Crippen MR) is 66.6 cm³/mol. The minimum Gasteiger partial charge on any atom is -0.394 e. The number of hydrogen-bond acceptors (Lipinski definition) is 8. The number of rotatable bonds is 4. The Labute approximate surface area is 112 Å². The van der Waals surface area contributed by atoms with E-state index in [1.807, 2.05) is 0 Å². The number of aliphatic hydroxyl groups is 6. The normalized spacial score (nSPS) is 18.5. The molecule has 8 nitrogen and oxygen atoms in total. The van der Waals surface area contributed by atoms with Crippen molar-refractivity contribution in [2.24, 2.45) is 0 Å². The Balaban J connectivity index is 0. The molecule has 19 heavy (non-hydrogen) atoms. The van der Waals surface area contributed by atoms with Crippen LogP contribution in [0.4, 0.5) is 0 Å². The van der Waals surface area contributed by atoms with Crippen molar-refractivity contribution in [2.75, 3.05) is 46.2 Å². The topological polar surface area (TPSA) is 146 Å². The Morgan fingerprint density at radius 2 is 1.11 bits per heavy atom. The third-order valence-corrected chi connectivity index (χ3v) is 1.55. The fourth-order valence-electron chi connectivity index (χ4n) is 0.212. The molecular weight excluding hydrogens is 260 g/mol. The first-order valence-corrected chi connectivity index (χ1v) is 6.00. The van der Waals surface area contributed by atoms with Crippen LogP contribution in [0.25, 0.3) is 0 Å². The van der Waals surface area contributed by atoms with Crippen LogP contribution in [0.2, 0.25) is 0 Å². The maximum atomic E-state index is 8.17. The predicted octanol–water partition coefficient (Wildman–Crippen LogP) is -2.91. The van der Waals surface area contributed by atoms with Crippen LogP contribution >= 0.6 is 0 Å². The van der Waals surface area contributed by atoms with Crippen molar-refractivity contribution in [3.05, 3.63) is 0 Å². The monoisotopic (exact) mass is 286 g/mol. The summed E-state index contributed by atoms with van der Waals surface area (Å²) >= 11 is 0. The summed E-state index contributed by atoms with van der Waals surface area (Å²) in [6, 6.07) is 0. The first-order chi connectivity index (χ1) is 9.01. The van der Waals surface area contributed by atoms with E-state index in [0.29, 0.717) is 6.10 Å². The average Bonchev–Trinajstić information content (AvgIpc) is 3.31. The van der Waals surface area contributed by atoms with Gasteiger partial charge in [0.1, 0.15) is 12.2 Å². The molecule has 0 saturated carbocycles. The van der Waals surface area contributed by atoms with Gasteiger partial charge >= 0.3 is 0 Å². The Morgan fingerprint density at radius 1 is 0.895 bits per heavy atom. The summed E-state index contributed by atoms with van der Waals surface area (Å²) in [6.07, 6.45) is -1.32. The largest absolute Gasteiger partial charge is 0.394 e. The van der Waals surface area contributed by atoms with Gasteiger partial charge in [-0.05, 0) is 6.92 Å². The Bertz CT molecular complexity index is 142. The molecule has 2 fully saturated rings. The lowest BCUT2D eigenvalue weighted by Crippen LogP contribution is -2.15. The second-order valence-electron chi connectivity index (χ2n) is 3.79. The van der Waals surface area contributed by atoms with Crippen LogP contribution in [0, 0.1) is 0 Å². The lowest BCUT2D eigenvalue weighted by Gasteiger charge is -1.96. The third-order valence-electron chi connectivity index (χ3n) is 1.55. The number of aliphatic hydroxyl groups excluding tert-OH is 6. The quantitative estimate of drug-likeness (QED) is 0.301. The summed E-state index contributed by atoms with van der Waals surface area (Å²) in [6.45, 7) is 3.58. The van der Waals surface area contributed by atoms with Gasteiger partial charge in [0.2, 0.25) is 0 Å². The van der Waals surface area contributed by atoms with E-state index in [1.165, 1.54) is 0 Å². The van der Waals surface area contributed by atoms with E-state index in [0.717, 1.165) is 19.8 Å². The molecule has 0 aromatic carbocycles. The van der Waals surface area contributed by atoms with Crippen molar-refractivity contribution in [3.63, 3.8) is 0 Å². The van der Waals surface area contributed by atoms with Crippen molar-refractivity contribution in [1.82, 2.24) is 0 Å². The van der Waals surface area contributed by atoms with E-state index >= 15 is 0 Å².